The van der Waals surface area contributed by atoms with Gasteiger partial charge in [-0.1, -0.05) is 59.1 Å². The van der Waals surface area contributed by atoms with Gasteiger partial charge in [0, 0.05) is 28.7 Å². The number of fused-ring (bicyclic) bond motifs is 1. The zero-order valence-corrected chi connectivity index (χ0v) is 20.9. The predicted octanol–water partition coefficient (Wildman–Crippen LogP) is 7.30. The van der Waals surface area contributed by atoms with Crippen LogP contribution in [0.1, 0.15) is 53.8 Å². The third kappa shape index (κ3) is 4.40. The lowest BCUT2D eigenvalue weighted by Gasteiger charge is -2.29. The summed E-state index contributed by atoms with van der Waals surface area (Å²) in [6.07, 6.45) is 6.67. The molecule has 1 aliphatic heterocycles. The van der Waals surface area contributed by atoms with Crippen LogP contribution < -0.4 is 0 Å². The van der Waals surface area contributed by atoms with E-state index in [1.807, 2.05) is 55.5 Å². The highest BCUT2D eigenvalue weighted by atomic mass is 35.5. The van der Waals surface area contributed by atoms with Gasteiger partial charge in [-0.2, -0.15) is 10.2 Å². The summed E-state index contributed by atoms with van der Waals surface area (Å²) in [5.41, 5.74) is 4.34. The Kier molecular flexibility index (Phi) is 6.52. The summed E-state index contributed by atoms with van der Waals surface area (Å²) in [5, 5.41) is 12.6. The summed E-state index contributed by atoms with van der Waals surface area (Å²) in [6, 6.07) is 15.1. The Balaban J connectivity index is 1.58. The zero-order chi connectivity index (χ0) is 23.8. The number of hydrogen-bond acceptors (Lipinski definition) is 3. The summed E-state index contributed by atoms with van der Waals surface area (Å²) in [7, 11) is 0. The molecular weight excluding hydrogens is 491 g/mol. The molecule has 8 heteroatoms. The van der Waals surface area contributed by atoms with Crippen LogP contribution in [-0.2, 0) is 6.54 Å². The van der Waals surface area contributed by atoms with E-state index in [0.29, 0.717) is 21.6 Å². The van der Waals surface area contributed by atoms with Crippen molar-refractivity contribution in [1.82, 2.24) is 14.8 Å². The molecule has 2 heterocycles. The fourth-order valence-corrected chi connectivity index (χ4v) is 5.22. The number of allylic oxidation sites excluding steroid dienone is 1. The quantitative estimate of drug-likeness (QED) is 0.367. The second-order valence-electron chi connectivity index (χ2n) is 8.53. The monoisotopic (exact) mass is 512 g/mol. The SMILES string of the molecule is CCn1cc(Cl)c(C(=O)N2N=C3C(=Cc4ccc(Cl)cc4)CCCC3C2c2ccc(Cl)cc2)n1. The minimum atomic E-state index is -0.301. The van der Waals surface area contributed by atoms with Crippen molar-refractivity contribution >= 4 is 52.5 Å². The number of amides is 1. The summed E-state index contributed by atoms with van der Waals surface area (Å²) < 4.78 is 1.66. The molecule has 0 N–H and O–H groups in total. The average molecular weight is 514 g/mol. The van der Waals surface area contributed by atoms with Crippen LogP contribution >= 0.6 is 34.8 Å². The van der Waals surface area contributed by atoms with Crippen molar-refractivity contribution in [3.05, 3.63) is 92.2 Å². The number of carbonyl (C=O) groups is 1. The minimum Gasteiger partial charge on any atom is -0.271 e. The van der Waals surface area contributed by atoms with Crippen LogP contribution in [0.5, 0.6) is 0 Å². The number of aromatic nitrogens is 2. The fourth-order valence-electron chi connectivity index (χ4n) is 4.73. The molecule has 34 heavy (non-hydrogen) atoms. The first-order valence-corrected chi connectivity index (χ1v) is 12.4. The van der Waals surface area contributed by atoms with Crippen LogP contribution in [0.2, 0.25) is 15.1 Å². The van der Waals surface area contributed by atoms with Crippen LogP contribution in [0.4, 0.5) is 0 Å². The lowest BCUT2D eigenvalue weighted by molar-refractivity contribution is 0.0674. The van der Waals surface area contributed by atoms with Crippen LogP contribution in [0, 0.1) is 5.92 Å². The van der Waals surface area contributed by atoms with E-state index in [-0.39, 0.29) is 23.6 Å². The largest absolute Gasteiger partial charge is 0.296 e. The van der Waals surface area contributed by atoms with Crippen molar-refractivity contribution in [1.29, 1.82) is 0 Å². The highest BCUT2D eigenvalue weighted by Gasteiger charge is 2.44. The Labute approximate surface area is 213 Å². The molecule has 2 unspecified atom stereocenters. The lowest BCUT2D eigenvalue weighted by Crippen LogP contribution is -2.32. The number of aryl methyl sites for hydroxylation is 1. The molecule has 1 fully saturated rings. The topological polar surface area (TPSA) is 50.5 Å². The van der Waals surface area contributed by atoms with Crippen molar-refractivity contribution in [2.75, 3.05) is 0 Å². The predicted molar refractivity (Wildman–Crippen MR) is 137 cm³/mol. The Morgan fingerprint density at radius 3 is 2.38 bits per heavy atom. The van der Waals surface area contributed by atoms with Gasteiger partial charge in [-0.15, -0.1) is 0 Å². The van der Waals surface area contributed by atoms with Gasteiger partial charge in [0.25, 0.3) is 5.91 Å². The maximum absolute atomic E-state index is 13.7. The highest BCUT2D eigenvalue weighted by Crippen LogP contribution is 2.45. The Morgan fingerprint density at radius 2 is 1.74 bits per heavy atom. The van der Waals surface area contributed by atoms with E-state index >= 15 is 0 Å². The van der Waals surface area contributed by atoms with E-state index in [9.17, 15) is 4.79 Å². The number of benzene rings is 2. The van der Waals surface area contributed by atoms with Gasteiger partial charge in [-0.3, -0.25) is 9.48 Å². The molecule has 1 aromatic heterocycles. The van der Waals surface area contributed by atoms with Crippen LogP contribution in [-0.4, -0.2) is 26.4 Å². The van der Waals surface area contributed by atoms with Gasteiger partial charge in [-0.05, 0) is 73.2 Å². The Bertz CT molecular complexity index is 1280. The van der Waals surface area contributed by atoms with Gasteiger partial charge in [0.05, 0.1) is 16.8 Å². The molecule has 2 aliphatic rings. The molecule has 174 valence electrons. The zero-order valence-electron chi connectivity index (χ0n) is 18.6. The van der Waals surface area contributed by atoms with E-state index in [1.165, 1.54) is 0 Å². The molecule has 1 amide bonds. The molecule has 0 bridgehead atoms. The molecule has 5 rings (SSSR count). The fraction of sp³-hybridized carbons (Fsp3) is 0.269. The molecule has 0 spiro atoms. The van der Waals surface area contributed by atoms with Crippen LogP contribution in [0.25, 0.3) is 6.08 Å². The van der Waals surface area contributed by atoms with Crippen molar-refractivity contribution < 1.29 is 4.79 Å². The third-order valence-corrected chi connectivity index (χ3v) is 7.16. The maximum atomic E-state index is 13.7. The van der Waals surface area contributed by atoms with Gasteiger partial charge in [-0.25, -0.2) is 5.01 Å². The normalized spacial score (nSPS) is 21.0. The molecule has 1 saturated carbocycles. The molecule has 2 atom stereocenters. The van der Waals surface area contributed by atoms with Gasteiger partial charge in [0.1, 0.15) is 0 Å². The number of halogens is 3. The standard InChI is InChI=1S/C26H23Cl3N4O/c1-2-32-15-22(29)24(30-32)26(34)33-25(17-8-12-20(28)13-9-17)21-5-3-4-18(23(21)31-33)14-16-6-10-19(27)11-7-16/h6-15,21,25H,2-5H2,1H3. The number of carbonyl (C=O) groups excluding carboxylic acids is 1. The van der Waals surface area contributed by atoms with E-state index < -0.39 is 0 Å². The first-order chi connectivity index (χ1) is 16.4. The summed E-state index contributed by atoms with van der Waals surface area (Å²) >= 11 is 18.6. The van der Waals surface area contributed by atoms with E-state index in [0.717, 1.165) is 41.7 Å². The first kappa shape index (κ1) is 23.2. The molecular formula is C26H23Cl3N4O. The molecule has 0 radical (unpaired) electrons. The smallest absolute Gasteiger partial charge is 0.271 e. The lowest BCUT2D eigenvalue weighted by atomic mass is 9.77. The minimum absolute atomic E-state index is 0.0736. The van der Waals surface area contributed by atoms with Gasteiger partial charge in [0.2, 0.25) is 0 Å². The number of nitrogens with zero attached hydrogens (tertiary/aromatic N) is 4. The van der Waals surface area contributed by atoms with E-state index in [2.05, 4.69) is 11.2 Å². The van der Waals surface area contributed by atoms with Gasteiger partial charge >= 0.3 is 0 Å². The number of hydrogen-bond donors (Lipinski definition) is 0. The maximum Gasteiger partial charge on any atom is 0.296 e. The molecule has 0 saturated heterocycles. The van der Waals surface area contributed by atoms with Crippen molar-refractivity contribution in [3.8, 4) is 0 Å². The molecule has 2 aromatic carbocycles. The molecule has 3 aromatic rings. The van der Waals surface area contributed by atoms with Crippen LogP contribution in [0.3, 0.4) is 0 Å². The van der Waals surface area contributed by atoms with Crippen molar-refractivity contribution in [3.63, 3.8) is 0 Å². The van der Waals surface area contributed by atoms with Gasteiger partial charge < -0.3 is 0 Å². The summed E-state index contributed by atoms with van der Waals surface area (Å²) in [5.74, 6) is -0.227. The third-order valence-electron chi connectivity index (χ3n) is 6.38. The second-order valence-corrected chi connectivity index (χ2v) is 9.81. The van der Waals surface area contributed by atoms with Crippen molar-refractivity contribution in [2.24, 2.45) is 11.0 Å². The summed E-state index contributed by atoms with van der Waals surface area (Å²) in [6.45, 7) is 2.57. The average Bonchev–Trinajstić information content (AvgIpc) is 3.42. The van der Waals surface area contributed by atoms with Crippen molar-refractivity contribution in [2.45, 2.75) is 38.8 Å². The molecule has 1 aliphatic carbocycles. The van der Waals surface area contributed by atoms with Gasteiger partial charge in [0.15, 0.2) is 5.69 Å². The Hall–Kier alpha value is -2.60. The second kappa shape index (κ2) is 9.57. The Morgan fingerprint density at radius 1 is 1.06 bits per heavy atom. The highest BCUT2D eigenvalue weighted by molar-refractivity contribution is 6.33. The van der Waals surface area contributed by atoms with Crippen LogP contribution in [0.15, 0.2) is 65.4 Å². The summed E-state index contributed by atoms with van der Waals surface area (Å²) in [4.78, 5) is 13.7. The molecule has 5 nitrogen and oxygen atoms in total. The van der Waals surface area contributed by atoms with E-state index in [1.54, 1.807) is 15.9 Å². The first-order valence-electron chi connectivity index (χ1n) is 11.3. The number of rotatable bonds is 4. The number of hydrazone groups is 1. The van der Waals surface area contributed by atoms with E-state index in [4.69, 9.17) is 39.9 Å².